The van der Waals surface area contributed by atoms with Crippen LogP contribution in [0.25, 0.3) is 10.9 Å². The number of benzene rings is 2. The molecule has 9 nitrogen and oxygen atoms in total. The maximum atomic E-state index is 11.9. The summed E-state index contributed by atoms with van der Waals surface area (Å²) >= 11 is 6.68. The second-order valence-electron chi connectivity index (χ2n) is 8.08. The maximum absolute atomic E-state index is 11.9. The van der Waals surface area contributed by atoms with Gasteiger partial charge in [-0.05, 0) is 56.2 Å². The Bertz CT molecular complexity index is 1350. The quantitative estimate of drug-likeness (QED) is 0.172. The molecule has 0 aliphatic carbocycles. The lowest BCUT2D eigenvalue weighted by Crippen LogP contribution is -2.29. The molecule has 0 spiro atoms. The first-order valence-corrected chi connectivity index (χ1v) is 12.0. The van der Waals surface area contributed by atoms with E-state index >= 15 is 0 Å². The fraction of sp³-hybridized carbons (Fsp3) is 0.296. The summed E-state index contributed by atoms with van der Waals surface area (Å²) < 4.78 is 16.1. The van der Waals surface area contributed by atoms with E-state index in [1.165, 1.54) is 0 Å². The van der Waals surface area contributed by atoms with Crippen LogP contribution in [0, 0.1) is 11.3 Å². The largest absolute Gasteiger partial charge is 0.511 e. The molecular formula is C27H28ClN5O4. The van der Waals surface area contributed by atoms with Crippen molar-refractivity contribution < 1.29 is 19.0 Å². The molecule has 0 aliphatic heterocycles. The highest BCUT2D eigenvalue weighted by Gasteiger charge is 2.25. The lowest BCUT2D eigenvalue weighted by Gasteiger charge is -2.24. The molecule has 10 heteroatoms. The molecule has 1 unspecified atom stereocenters. The molecule has 0 aliphatic rings. The monoisotopic (exact) mass is 521 g/mol. The Labute approximate surface area is 220 Å². The molecule has 1 aromatic heterocycles. The van der Waals surface area contributed by atoms with Crippen LogP contribution in [-0.4, -0.2) is 43.3 Å². The predicted molar refractivity (Wildman–Crippen MR) is 143 cm³/mol. The van der Waals surface area contributed by atoms with Crippen LogP contribution in [0.3, 0.4) is 0 Å². The minimum Gasteiger partial charge on any atom is -0.455 e. The number of guanidine groups is 1. The Morgan fingerprint density at radius 3 is 2.78 bits per heavy atom. The fourth-order valence-corrected chi connectivity index (χ4v) is 3.79. The van der Waals surface area contributed by atoms with Crippen LogP contribution in [0.15, 0.2) is 58.6 Å². The van der Waals surface area contributed by atoms with E-state index in [4.69, 9.17) is 25.8 Å². The Morgan fingerprint density at radius 1 is 1.27 bits per heavy atom. The highest BCUT2D eigenvalue weighted by Crippen LogP contribution is 2.39. The number of aromatic nitrogens is 1. The third-order valence-corrected chi connectivity index (χ3v) is 5.39. The number of pyridine rings is 1. The first kappa shape index (κ1) is 27.4. The molecule has 1 N–H and O–H groups in total. The van der Waals surface area contributed by atoms with E-state index in [9.17, 15) is 10.1 Å². The van der Waals surface area contributed by atoms with Gasteiger partial charge < -0.3 is 19.5 Å². The Balaban J connectivity index is 2.15. The van der Waals surface area contributed by atoms with E-state index in [0.29, 0.717) is 38.8 Å². The molecule has 3 rings (SSSR count). The van der Waals surface area contributed by atoms with Crippen molar-refractivity contribution in [2.75, 3.05) is 13.8 Å². The first-order valence-electron chi connectivity index (χ1n) is 11.7. The zero-order chi connectivity index (χ0) is 26.8. The maximum Gasteiger partial charge on any atom is 0.511 e. The van der Waals surface area contributed by atoms with Crippen LogP contribution in [0.2, 0.25) is 5.02 Å². The number of hydrogen-bond donors (Lipinski definition) is 1. The number of carbonyl (C=O) groups is 1. The summed E-state index contributed by atoms with van der Waals surface area (Å²) in [6, 6.07) is 14.0. The van der Waals surface area contributed by atoms with Gasteiger partial charge in [0.15, 0.2) is 5.75 Å². The Kier molecular flexibility index (Phi) is 9.81. The third-order valence-electron chi connectivity index (χ3n) is 5.08. The molecule has 192 valence electrons. The third kappa shape index (κ3) is 7.18. The van der Waals surface area contributed by atoms with Gasteiger partial charge in [-0.25, -0.2) is 9.79 Å². The number of hydrogen-bond acceptors (Lipinski definition) is 7. The summed E-state index contributed by atoms with van der Waals surface area (Å²) in [4.78, 5) is 25.1. The molecule has 0 saturated heterocycles. The van der Waals surface area contributed by atoms with E-state index in [1.54, 1.807) is 63.6 Å². The molecule has 2 aromatic carbocycles. The number of fused-ring (bicyclic) bond motifs is 1. The molecule has 3 aromatic rings. The average Bonchev–Trinajstić information content (AvgIpc) is 2.90. The van der Waals surface area contributed by atoms with Crippen molar-refractivity contribution in [3.05, 3.63) is 70.4 Å². The van der Waals surface area contributed by atoms with Gasteiger partial charge in [0.25, 0.3) is 0 Å². The second-order valence-corrected chi connectivity index (χ2v) is 8.49. The van der Waals surface area contributed by atoms with Crippen LogP contribution >= 0.6 is 11.6 Å². The number of nitriles is 1. The van der Waals surface area contributed by atoms with Crippen molar-refractivity contribution in [2.24, 2.45) is 9.98 Å². The Morgan fingerprint density at radius 2 is 2.08 bits per heavy atom. The van der Waals surface area contributed by atoms with E-state index in [0.717, 1.165) is 12.0 Å². The van der Waals surface area contributed by atoms with Gasteiger partial charge in [0, 0.05) is 30.4 Å². The standard InChI is InChI=1S/C27H28ClN5O4/c1-5-11-32-26(30-4)33-23(19-9-6-8-18(13-19)15-29)21-14-22(28)20-10-7-12-31-24(20)25(21)35-16-36-27(34)37-17(2)3/h6-14,17,23H,5,16H2,1-4H3,(H,30,33)/b32-11-. The van der Waals surface area contributed by atoms with Crippen LogP contribution in [-0.2, 0) is 9.47 Å². The highest BCUT2D eigenvalue weighted by molar-refractivity contribution is 6.35. The average molecular weight is 522 g/mol. The molecular weight excluding hydrogens is 494 g/mol. The smallest absolute Gasteiger partial charge is 0.455 e. The van der Waals surface area contributed by atoms with Crippen molar-refractivity contribution >= 4 is 40.8 Å². The fourth-order valence-electron chi connectivity index (χ4n) is 3.52. The van der Waals surface area contributed by atoms with Crippen LogP contribution < -0.4 is 10.1 Å². The van der Waals surface area contributed by atoms with E-state index in [2.05, 4.69) is 26.4 Å². The van der Waals surface area contributed by atoms with Gasteiger partial charge in [0.2, 0.25) is 12.8 Å². The van der Waals surface area contributed by atoms with E-state index in [1.807, 2.05) is 19.1 Å². The summed E-state index contributed by atoms with van der Waals surface area (Å²) in [5, 5.41) is 13.9. The van der Waals surface area contributed by atoms with E-state index in [-0.39, 0.29) is 6.10 Å². The van der Waals surface area contributed by atoms with Gasteiger partial charge >= 0.3 is 6.16 Å². The number of nitrogens with one attached hydrogen (secondary N) is 1. The topological polar surface area (TPSA) is 118 Å². The normalized spacial score (nSPS) is 12.4. The molecule has 0 radical (unpaired) electrons. The number of ether oxygens (including phenoxy) is 3. The second kappa shape index (κ2) is 13.2. The molecule has 1 atom stereocenters. The predicted octanol–water partition coefficient (Wildman–Crippen LogP) is 5.80. The summed E-state index contributed by atoms with van der Waals surface area (Å²) in [5.41, 5.74) is 2.27. The molecule has 0 saturated carbocycles. The minimum atomic E-state index is -0.853. The van der Waals surface area contributed by atoms with Gasteiger partial charge in [-0.3, -0.25) is 9.98 Å². The molecule has 1 heterocycles. The summed E-state index contributed by atoms with van der Waals surface area (Å²) in [6.45, 7) is 4.99. The first-order chi connectivity index (χ1) is 17.9. The molecule has 37 heavy (non-hydrogen) atoms. The van der Waals surface area contributed by atoms with Gasteiger partial charge in [0.05, 0.1) is 28.8 Å². The molecule has 0 amide bonds. The lowest BCUT2D eigenvalue weighted by molar-refractivity contribution is -0.00811. The number of nitrogens with zero attached hydrogens (tertiary/aromatic N) is 4. The SMILES string of the molecule is CC/C=N\C(=NC)NC(c1cccc(C#N)c1)c1cc(Cl)c2cccnc2c1OCOC(=O)OC(C)C. The van der Waals surface area contributed by atoms with Crippen molar-refractivity contribution in [3.8, 4) is 11.8 Å². The number of carbonyl (C=O) groups excluding carboxylic acids is 1. The lowest BCUT2D eigenvalue weighted by atomic mass is 9.95. The highest BCUT2D eigenvalue weighted by atomic mass is 35.5. The van der Waals surface area contributed by atoms with Gasteiger partial charge in [0.1, 0.15) is 5.52 Å². The molecule has 0 bridgehead atoms. The number of aliphatic imine (C=N–C) groups is 2. The van der Waals surface area contributed by atoms with Crippen LogP contribution in [0.5, 0.6) is 5.75 Å². The van der Waals surface area contributed by atoms with Gasteiger partial charge in [-0.15, -0.1) is 0 Å². The number of halogens is 1. The summed E-state index contributed by atoms with van der Waals surface area (Å²) in [7, 11) is 1.62. The van der Waals surface area contributed by atoms with Crippen molar-refractivity contribution in [1.82, 2.24) is 10.3 Å². The van der Waals surface area contributed by atoms with Crippen LogP contribution in [0.1, 0.15) is 49.9 Å². The van der Waals surface area contributed by atoms with Crippen molar-refractivity contribution in [2.45, 2.75) is 39.3 Å². The van der Waals surface area contributed by atoms with Gasteiger partial charge in [-0.1, -0.05) is 30.7 Å². The van der Waals surface area contributed by atoms with Gasteiger partial charge in [-0.2, -0.15) is 5.26 Å². The van der Waals surface area contributed by atoms with Crippen LogP contribution in [0.4, 0.5) is 4.79 Å². The summed E-state index contributed by atoms with van der Waals surface area (Å²) in [6.07, 6.45) is 2.88. The Hall–Kier alpha value is -4.16. The zero-order valence-electron chi connectivity index (χ0n) is 21.1. The van der Waals surface area contributed by atoms with Crippen molar-refractivity contribution in [3.63, 3.8) is 0 Å². The molecule has 0 fully saturated rings. The summed E-state index contributed by atoms with van der Waals surface area (Å²) in [5.74, 6) is 0.710. The van der Waals surface area contributed by atoms with E-state index < -0.39 is 19.0 Å². The van der Waals surface area contributed by atoms with Crippen molar-refractivity contribution in [1.29, 1.82) is 5.26 Å². The minimum absolute atomic E-state index is 0.336. The number of rotatable bonds is 8. The zero-order valence-corrected chi connectivity index (χ0v) is 21.8.